The monoisotopic (exact) mass is 310 g/mol. The fourth-order valence-corrected chi connectivity index (χ4v) is 2.93. The van der Waals surface area contributed by atoms with Gasteiger partial charge in [-0.25, -0.2) is 4.39 Å². The molecule has 0 atom stereocenters. The van der Waals surface area contributed by atoms with Crippen LogP contribution in [-0.2, 0) is 0 Å². The molecule has 2 fully saturated rings. The number of nitrogens with one attached hydrogen (secondary N) is 1. The summed E-state index contributed by atoms with van der Waals surface area (Å²) in [6.07, 6.45) is 4.57. The summed E-state index contributed by atoms with van der Waals surface area (Å²) >= 11 is 5.72. The molecule has 0 unspecified atom stereocenters. The third-order valence-corrected chi connectivity index (χ3v) is 4.57. The maximum absolute atomic E-state index is 13.8. The third-order valence-electron chi connectivity index (χ3n) is 4.34. The van der Waals surface area contributed by atoms with E-state index in [0.29, 0.717) is 24.2 Å². The van der Waals surface area contributed by atoms with Gasteiger partial charge in [0, 0.05) is 24.2 Å². The second-order valence-corrected chi connectivity index (χ2v) is 6.48. The summed E-state index contributed by atoms with van der Waals surface area (Å²) in [4.78, 5) is 14.1. The predicted octanol–water partition coefficient (Wildman–Crippen LogP) is 3.08. The average Bonchev–Trinajstić information content (AvgIpc) is 3.29. The summed E-state index contributed by atoms with van der Waals surface area (Å²) in [5.41, 5.74) is 0.115. The summed E-state index contributed by atoms with van der Waals surface area (Å²) in [5.74, 6) is 0.0964. The van der Waals surface area contributed by atoms with Gasteiger partial charge in [0.1, 0.15) is 5.82 Å². The van der Waals surface area contributed by atoms with E-state index in [4.69, 9.17) is 11.6 Å². The number of nitrogens with zero attached hydrogens (tertiary/aromatic N) is 1. The van der Waals surface area contributed by atoms with E-state index >= 15 is 0 Å². The second-order valence-electron chi connectivity index (χ2n) is 6.04. The van der Waals surface area contributed by atoms with Crippen molar-refractivity contribution in [3.8, 4) is 0 Å². The fraction of sp³-hybridized carbons (Fsp3) is 0.562. The Hall–Kier alpha value is -1.13. The number of rotatable bonds is 4. The number of hydrogen-bond acceptors (Lipinski definition) is 2. The first-order valence-corrected chi connectivity index (χ1v) is 7.99. The van der Waals surface area contributed by atoms with Crippen molar-refractivity contribution in [3.05, 3.63) is 34.6 Å². The first kappa shape index (κ1) is 14.8. The standard InChI is InChI=1S/C16H20ClFN2O/c17-12-3-4-14(15(18)9-12)16(21)20-7-5-13(6-8-20)19-10-11-1-2-11/h3-4,9,11,13,19H,1-2,5-8,10H2. The van der Waals surface area contributed by atoms with Crippen LogP contribution in [0.5, 0.6) is 0 Å². The van der Waals surface area contributed by atoms with Gasteiger partial charge in [0.2, 0.25) is 0 Å². The highest BCUT2D eigenvalue weighted by molar-refractivity contribution is 6.30. The Balaban J connectivity index is 1.54. The van der Waals surface area contributed by atoms with Crippen LogP contribution in [0.3, 0.4) is 0 Å². The molecule has 1 heterocycles. The van der Waals surface area contributed by atoms with Gasteiger partial charge >= 0.3 is 0 Å². The molecule has 1 aromatic carbocycles. The molecule has 3 rings (SSSR count). The largest absolute Gasteiger partial charge is 0.338 e. The molecule has 1 aromatic rings. The Bertz CT molecular complexity index is 525. The number of hydrogen-bond donors (Lipinski definition) is 1. The number of benzene rings is 1. The van der Waals surface area contributed by atoms with E-state index in [0.717, 1.165) is 25.3 Å². The summed E-state index contributed by atoms with van der Waals surface area (Å²) < 4.78 is 13.8. The lowest BCUT2D eigenvalue weighted by Gasteiger charge is -2.32. The van der Waals surface area contributed by atoms with E-state index in [-0.39, 0.29) is 11.5 Å². The Morgan fingerprint density at radius 1 is 1.29 bits per heavy atom. The quantitative estimate of drug-likeness (QED) is 0.927. The number of carbonyl (C=O) groups is 1. The number of likely N-dealkylation sites (tertiary alicyclic amines) is 1. The minimum atomic E-state index is -0.540. The summed E-state index contributed by atoms with van der Waals surface area (Å²) in [6, 6.07) is 4.71. The normalized spacial score (nSPS) is 19.8. The summed E-state index contributed by atoms with van der Waals surface area (Å²) in [5, 5.41) is 3.88. The highest BCUT2D eigenvalue weighted by Crippen LogP contribution is 2.28. The maximum Gasteiger partial charge on any atom is 0.256 e. The van der Waals surface area contributed by atoms with Crippen LogP contribution in [0, 0.1) is 11.7 Å². The van der Waals surface area contributed by atoms with Crippen molar-refractivity contribution in [3.63, 3.8) is 0 Å². The number of piperidine rings is 1. The van der Waals surface area contributed by atoms with Gasteiger partial charge in [-0.2, -0.15) is 0 Å². The molecule has 0 radical (unpaired) electrons. The lowest BCUT2D eigenvalue weighted by Crippen LogP contribution is -2.45. The Kier molecular flexibility index (Phi) is 4.45. The molecule has 3 nitrogen and oxygen atoms in total. The third kappa shape index (κ3) is 3.74. The van der Waals surface area contributed by atoms with E-state index in [2.05, 4.69) is 5.32 Å². The molecule has 1 aliphatic carbocycles. The van der Waals surface area contributed by atoms with Crippen molar-refractivity contribution in [2.45, 2.75) is 31.7 Å². The van der Waals surface area contributed by atoms with Gasteiger partial charge in [-0.15, -0.1) is 0 Å². The van der Waals surface area contributed by atoms with Crippen LogP contribution in [0.2, 0.25) is 5.02 Å². The van der Waals surface area contributed by atoms with Gasteiger partial charge in [0.05, 0.1) is 5.56 Å². The Morgan fingerprint density at radius 2 is 2.00 bits per heavy atom. The molecule has 0 bridgehead atoms. The molecular weight excluding hydrogens is 291 g/mol. The van der Waals surface area contributed by atoms with Gasteiger partial charge in [0.25, 0.3) is 5.91 Å². The van der Waals surface area contributed by atoms with Crippen LogP contribution < -0.4 is 5.32 Å². The van der Waals surface area contributed by atoms with E-state index in [1.165, 1.54) is 25.0 Å². The molecule has 0 aromatic heterocycles. The van der Waals surface area contributed by atoms with Crippen molar-refractivity contribution in [2.75, 3.05) is 19.6 Å². The Labute approximate surface area is 129 Å². The van der Waals surface area contributed by atoms with Gasteiger partial charge in [-0.3, -0.25) is 4.79 Å². The first-order chi connectivity index (χ1) is 10.1. The molecule has 1 aliphatic heterocycles. The lowest BCUT2D eigenvalue weighted by atomic mass is 10.0. The van der Waals surface area contributed by atoms with Crippen LogP contribution in [0.1, 0.15) is 36.0 Å². The van der Waals surface area contributed by atoms with Crippen molar-refractivity contribution < 1.29 is 9.18 Å². The van der Waals surface area contributed by atoms with Crippen LogP contribution in [0.4, 0.5) is 4.39 Å². The predicted molar refractivity (Wildman–Crippen MR) is 81.1 cm³/mol. The zero-order valence-corrected chi connectivity index (χ0v) is 12.7. The number of amides is 1. The molecule has 1 saturated heterocycles. The van der Waals surface area contributed by atoms with Gasteiger partial charge in [-0.05, 0) is 56.3 Å². The van der Waals surface area contributed by atoms with Crippen molar-refractivity contribution >= 4 is 17.5 Å². The minimum Gasteiger partial charge on any atom is -0.338 e. The van der Waals surface area contributed by atoms with Gasteiger partial charge in [0.15, 0.2) is 0 Å². The molecule has 2 aliphatic rings. The SMILES string of the molecule is O=C(c1ccc(Cl)cc1F)N1CCC(NCC2CC2)CC1. The highest BCUT2D eigenvalue weighted by atomic mass is 35.5. The summed E-state index contributed by atoms with van der Waals surface area (Å²) in [6.45, 7) is 2.47. The molecule has 1 N–H and O–H groups in total. The smallest absolute Gasteiger partial charge is 0.256 e. The second kappa shape index (κ2) is 6.32. The molecule has 1 saturated carbocycles. The molecule has 5 heteroatoms. The average molecular weight is 311 g/mol. The highest BCUT2D eigenvalue weighted by Gasteiger charge is 2.27. The molecule has 1 amide bonds. The van der Waals surface area contributed by atoms with Crippen LogP contribution in [0.25, 0.3) is 0 Å². The molecule has 0 spiro atoms. The minimum absolute atomic E-state index is 0.115. The topological polar surface area (TPSA) is 32.3 Å². The van der Waals surface area contributed by atoms with E-state index in [1.54, 1.807) is 11.0 Å². The van der Waals surface area contributed by atoms with Crippen molar-refractivity contribution in [1.82, 2.24) is 10.2 Å². The lowest BCUT2D eigenvalue weighted by molar-refractivity contribution is 0.0700. The van der Waals surface area contributed by atoms with Crippen LogP contribution in [-0.4, -0.2) is 36.5 Å². The summed E-state index contributed by atoms with van der Waals surface area (Å²) in [7, 11) is 0. The van der Waals surface area contributed by atoms with Crippen LogP contribution >= 0.6 is 11.6 Å². The van der Waals surface area contributed by atoms with Crippen molar-refractivity contribution in [2.24, 2.45) is 5.92 Å². The van der Waals surface area contributed by atoms with Crippen LogP contribution in [0.15, 0.2) is 18.2 Å². The van der Waals surface area contributed by atoms with Gasteiger partial charge < -0.3 is 10.2 Å². The number of carbonyl (C=O) groups excluding carboxylic acids is 1. The van der Waals surface area contributed by atoms with E-state index in [9.17, 15) is 9.18 Å². The van der Waals surface area contributed by atoms with E-state index < -0.39 is 5.82 Å². The maximum atomic E-state index is 13.8. The van der Waals surface area contributed by atoms with Gasteiger partial charge in [-0.1, -0.05) is 11.6 Å². The molecular formula is C16H20ClFN2O. The zero-order chi connectivity index (χ0) is 14.8. The fourth-order valence-electron chi connectivity index (χ4n) is 2.78. The zero-order valence-electron chi connectivity index (χ0n) is 11.9. The van der Waals surface area contributed by atoms with E-state index in [1.807, 2.05) is 0 Å². The molecule has 114 valence electrons. The Morgan fingerprint density at radius 3 is 2.62 bits per heavy atom. The number of halogens is 2. The van der Waals surface area contributed by atoms with Crippen molar-refractivity contribution in [1.29, 1.82) is 0 Å². The molecule has 21 heavy (non-hydrogen) atoms. The first-order valence-electron chi connectivity index (χ1n) is 7.61.